The molecular formula is C21H25F6N3. The summed E-state index contributed by atoms with van der Waals surface area (Å²) in [7, 11) is 0. The number of hydrogen-bond donors (Lipinski definition) is 1. The van der Waals surface area contributed by atoms with Gasteiger partial charge in [0.2, 0.25) is 0 Å². The average molecular weight is 433 g/mol. The number of aryl methyl sites for hydroxylation is 2. The Morgan fingerprint density at radius 2 is 1.43 bits per heavy atom. The maximum atomic E-state index is 13.6. The van der Waals surface area contributed by atoms with E-state index in [0.29, 0.717) is 29.7 Å². The van der Waals surface area contributed by atoms with E-state index in [2.05, 4.69) is 15.3 Å². The minimum Gasteiger partial charge on any atom is -0.366 e. The molecule has 0 bridgehead atoms. The van der Waals surface area contributed by atoms with Gasteiger partial charge in [0.15, 0.2) is 0 Å². The third-order valence-electron chi connectivity index (χ3n) is 4.94. The van der Waals surface area contributed by atoms with E-state index >= 15 is 0 Å². The predicted octanol–water partition coefficient (Wildman–Crippen LogP) is 6.91. The third-order valence-corrected chi connectivity index (χ3v) is 4.94. The predicted molar refractivity (Wildman–Crippen MR) is 104 cm³/mol. The van der Waals surface area contributed by atoms with E-state index in [4.69, 9.17) is 0 Å². The van der Waals surface area contributed by atoms with Crippen LogP contribution >= 0.6 is 0 Å². The smallest absolute Gasteiger partial charge is 0.366 e. The fraction of sp³-hybridized carbons (Fsp3) is 0.524. The van der Waals surface area contributed by atoms with Crippen molar-refractivity contribution in [1.82, 2.24) is 9.97 Å². The molecule has 2 rings (SSSR count). The summed E-state index contributed by atoms with van der Waals surface area (Å²) in [4.78, 5) is 8.92. The molecule has 0 unspecified atom stereocenters. The highest BCUT2D eigenvalue weighted by molar-refractivity contribution is 5.69. The Labute approximate surface area is 171 Å². The van der Waals surface area contributed by atoms with Crippen molar-refractivity contribution in [2.75, 3.05) is 5.32 Å². The van der Waals surface area contributed by atoms with Gasteiger partial charge in [-0.15, -0.1) is 0 Å². The van der Waals surface area contributed by atoms with Gasteiger partial charge in [0.1, 0.15) is 5.82 Å². The van der Waals surface area contributed by atoms with E-state index in [1.165, 1.54) is 0 Å². The van der Waals surface area contributed by atoms with Gasteiger partial charge in [-0.3, -0.25) is 0 Å². The van der Waals surface area contributed by atoms with Crippen LogP contribution in [0.2, 0.25) is 0 Å². The molecule has 0 saturated carbocycles. The molecule has 30 heavy (non-hydrogen) atoms. The van der Waals surface area contributed by atoms with Crippen LogP contribution in [-0.4, -0.2) is 16.0 Å². The molecule has 1 aromatic heterocycles. The maximum absolute atomic E-state index is 13.6. The molecule has 0 amide bonds. The zero-order valence-electron chi connectivity index (χ0n) is 17.3. The average Bonchev–Trinajstić information content (AvgIpc) is 2.69. The Bertz CT molecular complexity index is 870. The highest BCUT2D eigenvalue weighted by Gasteiger charge is 2.39. The second kappa shape index (κ2) is 9.22. The number of hydrogen-bond acceptors (Lipinski definition) is 3. The first-order chi connectivity index (χ1) is 14.0. The molecule has 0 aliphatic rings. The summed E-state index contributed by atoms with van der Waals surface area (Å²) < 4.78 is 79.9. The summed E-state index contributed by atoms with van der Waals surface area (Å²) in [5.74, 6) is 0.507. The Morgan fingerprint density at radius 1 is 0.833 bits per heavy atom. The number of nitrogens with one attached hydrogen (secondary N) is 1. The number of rotatable bonds is 7. The lowest BCUT2D eigenvalue weighted by Crippen LogP contribution is -2.20. The standard InChI is InChI=1S/C21H25F6N3/c1-5-13(6-2)28-19-17(8-4)29-18(16(7-3)30-19)14-10-9-12(20(22,23)24)11-15(14)21(25,26)27/h9-11,13H,5-8H2,1-4H3,(H,28,30). The molecule has 0 spiro atoms. The minimum absolute atomic E-state index is 0.0366. The molecule has 3 nitrogen and oxygen atoms in total. The van der Waals surface area contributed by atoms with Crippen LogP contribution in [0.5, 0.6) is 0 Å². The first kappa shape index (κ1) is 24.0. The molecule has 0 radical (unpaired) electrons. The fourth-order valence-electron chi connectivity index (χ4n) is 3.18. The molecule has 0 aliphatic carbocycles. The maximum Gasteiger partial charge on any atom is 0.417 e. The van der Waals surface area contributed by atoms with Gasteiger partial charge in [0, 0.05) is 11.6 Å². The zero-order valence-corrected chi connectivity index (χ0v) is 17.3. The first-order valence-corrected chi connectivity index (χ1v) is 9.91. The normalized spacial score (nSPS) is 12.5. The van der Waals surface area contributed by atoms with Crippen LogP contribution in [0.15, 0.2) is 18.2 Å². The molecule has 1 N–H and O–H groups in total. The molecule has 0 fully saturated rings. The monoisotopic (exact) mass is 433 g/mol. The van der Waals surface area contributed by atoms with Crippen molar-refractivity contribution in [1.29, 1.82) is 0 Å². The van der Waals surface area contributed by atoms with E-state index in [1.54, 1.807) is 13.8 Å². The van der Waals surface area contributed by atoms with Gasteiger partial charge in [-0.1, -0.05) is 33.8 Å². The van der Waals surface area contributed by atoms with Crippen molar-refractivity contribution in [3.8, 4) is 11.3 Å². The number of anilines is 1. The van der Waals surface area contributed by atoms with Crippen molar-refractivity contribution in [2.45, 2.75) is 71.8 Å². The second-order valence-corrected chi connectivity index (χ2v) is 6.93. The molecule has 0 saturated heterocycles. The Hall–Kier alpha value is -2.32. The second-order valence-electron chi connectivity index (χ2n) is 6.93. The van der Waals surface area contributed by atoms with Crippen molar-refractivity contribution in [3.05, 3.63) is 40.7 Å². The summed E-state index contributed by atoms with van der Waals surface area (Å²) in [6, 6.07) is 1.76. The summed E-state index contributed by atoms with van der Waals surface area (Å²) in [5, 5.41) is 3.28. The van der Waals surface area contributed by atoms with Crippen LogP contribution in [0.25, 0.3) is 11.3 Å². The molecule has 1 aromatic carbocycles. The number of aromatic nitrogens is 2. The largest absolute Gasteiger partial charge is 0.417 e. The Kier molecular flexibility index (Phi) is 7.36. The molecule has 9 heteroatoms. The third kappa shape index (κ3) is 5.23. The minimum atomic E-state index is -4.97. The molecule has 166 valence electrons. The van der Waals surface area contributed by atoms with Gasteiger partial charge in [-0.2, -0.15) is 26.3 Å². The Balaban J connectivity index is 2.71. The molecular weight excluding hydrogens is 408 g/mol. The van der Waals surface area contributed by atoms with Crippen molar-refractivity contribution in [2.24, 2.45) is 0 Å². The molecule has 1 heterocycles. The highest BCUT2D eigenvalue weighted by atomic mass is 19.4. The molecule has 0 atom stereocenters. The van der Waals surface area contributed by atoms with E-state index in [9.17, 15) is 26.3 Å². The van der Waals surface area contributed by atoms with Gasteiger partial charge in [0.25, 0.3) is 0 Å². The van der Waals surface area contributed by atoms with Crippen molar-refractivity contribution in [3.63, 3.8) is 0 Å². The van der Waals surface area contributed by atoms with Gasteiger partial charge < -0.3 is 5.32 Å². The van der Waals surface area contributed by atoms with Gasteiger partial charge in [0.05, 0.1) is 28.2 Å². The summed E-state index contributed by atoms with van der Waals surface area (Å²) in [6.07, 6.45) is -7.49. The van der Waals surface area contributed by atoms with Crippen LogP contribution in [0.4, 0.5) is 32.2 Å². The van der Waals surface area contributed by atoms with Crippen LogP contribution in [0, 0.1) is 0 Å². The highest BCUT2D eigenvalue weighted by Crippen LogP contribution is 2.41. The lowest BCUT2D eigenvalue weighted by molar-refractivity contribution is -0.142. The van der Waals surface area contributed by atoms with E-state index in [0.717, 1.165) is 18.9 Å². The topological polar surface area (TPSA) is 37.8 Å². The first-order valence-electron chi connectivity index (χ1n) is 9.91. The van der Waals surface area contributed by atoms with E-state index < -0.39 is 29.0 Å². The summed E-state index contributed by atoms with van der Waals surface area (Å²) in [5.41, 5.74) is -2.39. The van der Waals surface area contributed by atoms with Crippen molar-refractivity contribution < 1.29 is 26.3 Å². The lowest BCUT2D eigenvalue weighted by atomic mass is 9.98. The number of benzene rings is 1. The number of halogens is 6. The van der Waals surface area contributed by atoms with Crippen LogP contribution in [0.3, 0.4) is 0 Å². The number of nitrogens with zero attached hydrogens (tertiary/aromatic N) is 2. The molecule has 2 aromatic rings. The fourth-order valence-corrected chi connectivity index (χ4v) is 3.18. The summed E-state index contributed by atoms with van der Waals surface area (Å²) in [6.45, 7) is 7.53. The molecule has 0 aliphatic heterocycles. The van der Waals surface area contributed by atoms with Crippen LogP contribution in [0.1, 0.15) is 63.1 Å². The number of alkyl halides is 6. The van der Waals surface area contributed by atoms with Gasteiger partial charge in [-0.05, 0) is 37.8 Å². The Morgan fingerprint density at radius 3 is 1.90 bits per heavy atom. The van der Waals surface area contributed by atoms with E-state index in [-0.39, 0.29) is 24.2 Å². The lowest BCUT2D eigenvalue weighted by Gasteiger charge is -2.21. The zero-order chi connectivity index (χ0) is 22.7. The quantitative estimate of drug-likeness (QED) is 0.482. The van der Waals surface area contributed by atoms with E-state index in [1.807, 2.05) is 13.8 Å². The summed E-state index contributed by atoms with van der Waals surface area (Å²) >= 11 is 0. The van der Waals surface area contributed by atoms with Gasteiger partial charge in [-0.25, -0.2) is 9.97 Å². The SMILES string of the molecule is CCc1nc(-c2ccc(C(F)(F)F)cc2C(F)(F)F)c(CC)nc1NC(CC)CC. The van der Waals surface area contributed by atoms with Crippen LogP contribution in [-0.2, 0) is 25.2 Å². The van der Waals surface area contributed by atoms with Crippen LogP contribution < -0.4 is 5.32 Å². The van der Waals surface area contributed by atoms with Crippen molar-refractivity contribution >= 4 is 5.82 Å². The van der Waals surface area contributed by atoms with Gasteiger partial charge >= 0.3 is 12.4 Å².